The average molecular weight is 327 g/mol. The molecule has 0 spiro atoms. The number of hydrogen-bond donors (Lipinski definition) is 0. The smallest absolute Gasteiger partial charge is 0.305 e. The third-order valence-corrected chi connectivity index (χ3v) is 3.86. The molecule has 0 unspecified atom stereocenters. The van der Waals surface area contributed by atoms with Gasteiger partial charge in [-0.3, -0.25) is 4.79 Å². The lowest BCUT2D eigenvalue weighted by atomic mass is 10.1. The maximum Gasteiger partial charge on any atom is 0.305 e. The first kappa shape index (κ1) is 16.2. The fourth-order valence-electron chi connectivity index (χ4n) is 2.05. The van der Waals surface area contributed by atoms with E-state index in [0.717, 1.165) is 19.3 Å². The van der Waals surface area contributed by atoms with Crippen molar-refractivity contribution in [3.63, 3.8) is 0 Å². The predicted molar refractivity (Wildman–Crippen MR) is 82.2 cm³/mol. The van der Waals surface area contributed by atoms with Crippen LogP contribution in [0.25, 0.3) is 0 Å². The van der Waals surface area contributed by atoms with Crippen molar-refractivity contribution in [1.29, 1.82) is 0 Å². The quantitative estimate of drug-likeness (QED) is 0.476. The Kier molecular flexibility index (Phi) is 8.55. The SMILES string of the molecule is CCOC(=O)CCCCCCCc1ccccc1Br. The van der Waals surface area contributed by atoms with Crippen molar-refractivity contribution < 1.29 is 9.53 Å². The third kappa shape index (κ3) is 7.36. The molecule has 0 N–H and O–H groups in total. The Labute approximate surface area is 124 Å². The molecule has 0 radical (unpaired) electrons. The van der Waals surface area contributed by atoms with E-state index in [2.05, 4.69) is 34.1 Å². The number of carbonyl (C=O) groups is 1. The molecule has 1 aromatic rings. The number of esters is 1. The van der Waals surface area contributed by atoms with Crippen LogP contribution in [0.2, 0.25) is 0 Å². The van der Waals surface area contributed by atoms with Crippen LogP contribution in [0.4, 0.5) is 0 Å². The van der Waals surface area contributed by atoms with Gasteiger partial charge in [0.1, 0.15) is 0 Å². The zero-order valence-electron chi connectivity index (χ0n) is 11.7. The first-order chi connectivity index (χ1) is 9.24. The Morgan fingerprint density at radius 3 is 2.53 bits per heavy atom. The van der Waals surface area contributed by atoms with Gasteiger partial charge in [0.15, 0.2) is 0 Å². The number of unbranched alkanes of at least 4 members (excludes halogenated alkanes) is 4. The van der Waals surface area contributed by atoms with E-state index in [4.69, 9.17) is 4.74 Å². The monoisotopic (exact) mass is 326 g/mol. The summed E-state index contributed by atoms with van der Waals surface area (Å²) < 4.78 is 6.10. The average Bonchev–Trinajstić information content (AvgIpc) is 2.40. The minimum atomic E-state index is -0.0595. The Bertz CT molecular complexity index is 377. The molecule has 0 saturated heterocycles. The highest BCUT2D eigenvalue weighted by molar-refractivity contribution is 9.10. The zero-order chi connectivity index (χ0) is 13.9. The molecule has 2 nitrogen and oxygen atoms in total. The fourth-order valence-corrected chi connectivity index (χ4v) is 2.53. The lowest BCUT2D eigenvalue weighted by Crippen LogP contribution is -2.03. The van der Waals surface area contributed by atoms with Crippen molar-refractivity contribution in [3.8, 4) is 0 Å². The summed E-state index contributed by atoms with van der Waals surface area (Å²) in [6, 6.07) is 8.39. The van der Waals surface area contributed by atoms with Gasteiger partial charge < -0.3 is 4.74 Å². The number of aryl methyl sites for hydroxylation is 1. The van der Waals surface area contributed by atoms with Gasteiger partial charge in [0.25, 0.3) is 0 Å². The Morgan fingerprint density at radius 2 is 1.79 bits per heavy atom. The molecule has 0 aromatic heterocycles. The summed E-state index contributed by atoms with van der Waals surface area (Å²) in [5.41, 5.74) is 1.38. The van der Waals surface area contributed by atoms with Crippen molar-refractivity contribution in [3.05, 3.63) is 34.3 Å². The van der Waals surface area contributed by atoms with E-state index >= 15 is 0 Å². The van der Waals surface area contributed by atoms with Crippen LogP contribution in [-0.4, -0.2) is 12.6 Å². The lowest BCUT2D eigenvalue weighted by molar-refractivity contribution is -0.143. The van der Waals surface area contributed by atoms with Gasteiger partial charge >= 0.3 is 5.97 Å². The molecular formula is C16H23BrO2. The van der Waals surface area contributed by atoms with E-state index in [1.54, 1.807) is 0 Å². The van der Waals surface area contributed by atoms with E-state index in [1.807, 2.05) is 13.0 Å². The molecule has 0 heterocycles. The van der Waals surface area contributed by atoms with E-state index < -0.39 is 0 Å². The topological polar surface area (TPSA) is 26.3 Å². The van der Waals surface area contributed by atoms with Crippen molar-refractivity contribution in [2.75, 3.05) is 6.61 Å². The van der Waals surface area contributed by atoms with E-state index in [0.29, 0.717) is 13.0 Å². The van der Waals surface area contributed by atoms with Gasteiger partial charge in [0.2, 0.25) is 0 Å². The summed E-state index contributed by atoms with van der Waals surface area (Å²) in [7, 11) is 0. The van der Waals surface area contributed by atoms with Gasteiger partial charge in [-0.1, -0.05) is 53.4 Å². The summed E-state index contributed by atoms with van der Waals surface area (Å²) in [4.78, 5) is 11.1. The normalized spacial score (nSPS) is 10.4. The Hall–Kier alpha value is -0.830. The van der Waals surface area contributed by atoms with Gasteiger partial charge in [0.05, 0.1) is 6.61 Å². The number of hydrogen-bond acceptors (Lipinski definition) is 2. The molecule has 1 aromatic carbocycles. The maximum absolute atomic E-state index is 11.1. The molecule has 0 bridgehead atoms. The van der Waals surface area contributed by atoms with Crippen molar-refractivity contribution in [1.82, 2.24) is 0 Å². The van der Waals surface area contributed by atoms with Gasteiger partial charge in [-0.2, -0.15) is 0 Å². The molecule has 19 heavy (non-hydrogen) atoms. The highest BCUT2D eigenvalue weighted by atomic mass is 79.9. The molecule has 0 saturated carbocycles. The van der Waals surface area contributed by atoms with Crippen LogP contribution in [0.15, 0.2) is 28.7 Å². The minimum Gasteiger partial charge on any atom is -0.466 e. The van der Waals surface area contributed by atoms with Crippen LogP contribution in [0.1, 0.15) is 51.0 Å². The van der Waals surface area contributed by atoms with Gasteiger partial charge in [-0.15, -0.1) is 0 Å². The second-order valence-electron chi connectivity index (χ2n) is 4.66. The van der Waals surface area contributed by atoms with Gasteiger partial charge in [-0.05, 0) is 37.8 Å². The van der Waals surface area contributed by atoms with E-state index in [9.17, 15) is 4.79 Å². The molecule has 106 valence electrons. The molecule has 0 amide bonds. The summed E-state index contributed by atoms with van der Waals surface area (Å²) in [5.74, 6) is -0.0595. The zero-order valence-corrected chi connectivity index (χ0v) is 13.2. The molecule has 0 aliphatic rings. The Balaban J connectivity index is 2.00. The standard InChI is InChI=1S/C16H23BrO2/c1-2-19-16(18)13-7-5-3-4-6-10-14-11-8-9-12-15(14)17/h8-9,11-12H,2-7,10,13H2,1H3. The predicted octanol–water partition coefficient (Wildman–Crippen LogP) is 4.90. The Morgan fingerprint density at radius 1 is 1.11 bits per heavy atom. The number of benzene rings is 1. The summed E-state index contributed by atoms with van der Waals surface area (Å²) in [5, 5.41) is 0. The first-order valence-electron chi connectivity index (χ1n) is 7.13. The fraction of sp³-hybridized carbons (Fsp3) is 0.562. The van der Waals surface area contributed by atoms with Gasteiger partial charge in [-0.25, -0.2) is 0 Å². The largest absolute Gasteiger partial charge is 0.466 e. The van der Waals surface area contributed by atoms with Gasteiger partial charge in [0, 0.05) is 10.9 Å². The van der Waals surface area contributed by atoms with Crippen LogP contribution in [0.5, 0.6) is 0 Å². The number of ether oxygens (including phenoxy) is 1. The molecule has 3 heteroatoms. The second-order valence-corrected chi connectivity index (χ2v) is 5.52. The van der Waals surface area contributed by atoms with Crippen LogP contribution < -0.4 is 0 Å². The molecule has 0 fully saturated rings. The van der Waals surface area contributed by atoms with Crippen LogP contribution in [0.3, 0.4) is 0 Å². The molecule has 0 aliphatic heterocycles. The summed E-state index contributed by atoms with van der Waals surface area (Å²) in [6.07, 6.45) is 7.40. The number of carbonyl (C=O) groups excluding carboxylic acids is 1. The summed E-state index contributed by atoms with van der Waals surface area (Å²) in [6.45, 7) is 2.34. The lowest BCUT2D eigenvalue weighted by Gasteiger charge is -2.04. The molecule has 0 aliphatic carbocycles. The number of halogens is 1. The van der Waals surface area contributed by atoms with E-state index in [1.165, 1.54) is 29.3 Å². The second kappa shape index (κ2) is 10.0. The maximum atomic E-state index is 11.1. The molecule has 1 rings (SSSR count). The van der Waals surface area contributed by atoms with Crippen molar-refractivity contribution in [2.24, 2.45) is 0 Å². The highest BCUT2D eigenvalue weighted by Gasteiger charge is 2.01. The molecule has 0 atom stereocenters. The highest BCUT2D eigenvalue weighted by Crippen LogP contribution is 2.18. The van der Waals surface area contributed by atoms with E-state index in [-0.39, 0.29) is 5.97 Å². The minimum absolute atomic E-state index is 0.0595. The summed E-state index contributed by atoms with van der Waals surface area (Å²) >= 11 is 3.57. The van der Waals surface area contributed by atoms with Crippen LogP contribution in [-0.2, 0) is 16.0 Å². The van der Waals surface area contributed by atoms with Crippen molar-refractivity contribution in [2.45, 2.75) is 51.9 Å². The number of rotatable bonds is 9. The third-order valence-electron chi connectivity index (χ3n) is 3.09. The first-order valence-corrected chi connectivity index (χ1v) is 7.92. The van der Waals surface area contributed by atoms with Crippen LogP contribution in [0, 0.1) is 0 Å². The van der Waals surface area contributed by atoms with Crippen LogP contribution >= 0.6 is 15.9 Å². The molecular weight excluding hydrogens is 304 g/mol. The van der Waals surface area contributed by atoms with Crippen molar-refractivity contribution >= 4 is 21.9 Å².